The van der Waals surface area contributed by atoms with E-state index in [2.05, 4.69) is 11.4 Å². The minimum atomic E-state index is 0.0532. The first-order chi connectivity index (χ1) is 8.63. The van der Waals surface area contributed by atoms with Crippen LogP contribution in [-0.2, 0) is 11.2 Å². The zero-order valence-electron chi connectivity index (χ0n) is 9.96. The van der Waals surface area contributed by atoms with Gasteiger partial charge in [0.25, 0.3) is 0 Å². The van der Waals surface area contributed by atoms with E-state index in [0.717, 1.165) is 27.4 Å². The summed E-state index contributed by atoms with van der Waals surface area (Å²) in [5.74, 6) is 0.0532. The Morgan fingerprint density at radius 1 is 1.17 bits per heavy atom. The number of nitrogens with one attached hydrogen (secondary N) is 1. The second-order valence-electron chi connectivity index (χ2n) is 4.58. The lowest BCUT2D eigenvalue weighted by atomic mass is 10.0. The Bertz CT molecular complexity index is 649. The molecule has 1 amide bonds. The maximum atomic E-state index is 11.3. The molecule has 0 unspecified atom stereocenters. The summed E-state index contributed by atoms with van der Waals surface area (Å²) in [5.41, 5.74) is 5.18. The topological polar surface area (TPSA) is 29.1 Å². The molecule has 0 spiro atoms. The van der Waals surface area contributed by atoms with Gasteiger partial charge in [0, 0.05) is 16.3 Å². The zero-order valence-corrected chi connectivity index (χ0v) is 10.7. The predicted molar refractivity (Wildman–Crippen MR) is 74.0 cm³/mol. The number of fused-ring (bicyclic) bond motifs is 1. The smallest absolute Gasteiger partial charge is 0.228 e. The van der Waals surface area contributed by atoms with Gasteiger partial charge in [-0.1, -0.05) is 29.3 Å². The van der Waals surface area contributed by atoms with Crippen molar-refractivity contribution >= 4 is 23.2 Å². The molecule has 90 valence electrons. The fraction of sp³-hybridized carbons (Fsp3) is 0.133. The van der Waals surface area contributed by atoms with E-state index in [0.29, 0.717) is 6.42 Å². The van der Waals surface area contributed by atoms with Gasteiger partial charge in [0.05, 0.1) is 6.42 Å². The van der Waals surface area contributed by atoms with Crippen LogP contribution in [0.15, 0.2) is 36.4 Å². The highest BCUT2D eigenvalue weighted by Gasteiger charge is 2.18. The van der Waals surface area contributed by atoms with E-state index in [4.69, 9.17) is 11.6 Å². The average molecular weight is 258 g/mol. The number of rotatable bonds is 1. The molecule has 1 aliphatic rings. The second-order valence-corrected chi connectivity index (χ2v) is 4.99. The maximum absolute atomic E-state index is 11.3. The number of anilines is 1. The lowest BCUT2D eigenvalue weighted by Crippen LogP contribution is -2.03. The predicted octanol–water partition coefficient (Wildman–Crippen LogP) is 3.81. The third-order valence-corrected chi connectivity index (χ3v) is 3.49. The summed E-state index contributed by atoms with van der Waals surface area (Å²) < 4.78 is 0. The van der Waals surface area contributed by atoms with Gasteiger partial charge in [-0.3, -0.25) is 4.79 Å². The Morgan fingerprint density at radius 3 is 2.83 bits per heavy atom. The molecule has 1 N–H and O–H groups in total. The van der Waals surface area contributed by atoms with Crippen LogP contribution < -0.4 is 5.32 Å². The van der Waals surface area contributed by atoms with Gasteiger partial charge in [-0.25, -0.2) is 0 Å². The van der Waals surface area contributed by atoms with Crippen molar-refractivity contribution in [3.05, 3.63) is 52.5 Å². The quantitative estimate of drug-likeness (QED) is 0.827. The van der Waals surface area contributed by atoms with Gasteiger partial charge in [0.15, 0.2) is 0 Å². The van der Waals surface area contributed by atoms with E-state index in [1.165, 1.54) is 5.56 Å². The molecule has 0 aliphatic carbocycles. The van der Waals surface area contributed by atoms with Crippen molar-refractivity contribution in [3.8, 4) is 11.1 Å². The molecule has 2 nitrogen and oxygen atoms in total. The van der Waals surface area contributed by atoms with Crippen LogP contribution in [-0.4, -0.2) is 5.91 Å². The Balaban J connectivity index is 2.11. The average Bonchev–Trinajstić information content (AvgIpc) is 2.71. The summed E-state index contributed by atoms with van der Waals surface area (Å²) >= 11 is 6.23. The van der Waals surface area contributed by atoms with E-state index < -0.39 is 0 Å². The summed E-state index contributed by atoms with van der Waals surface area (Å²) in [6, 6.07) is 11.9. The minimum Gasteiger partial charge on any atom is -0.326 e. The molecule has 2 aromatic rings. The highest BCUT2D eigenvalue weighted by molar-refractivity contribution is 6.33. The summed E-state index contributed by atoms with van der Waals surface area (Å²) in [6.07, 6.45) is 0.451. The first-order valence-electron chi connectivity index (χ1n) is 5.83. The molecular weight excluding hydrogens is 246 g/mol. The number of benzene rings is 2. The number of hydrogen-bond acceptors (Lipinski definition) is 1. The Labute approximate surface area is 111 Å². The van der Waals surface area contributed by atoms with E-state index in [9.17, 15) is 4.79 Å². The van der Waals surface area contributed by atoms with Crippen molar-refractivity contribution in [2.75, 3.05) is 5.32 Å². The highest BCUT2D eigenvalue weighted by atomic mass is 35.5. The molecule has 0 atom stereocenters. The number of aryl methyl sites for hydroxylation is 1. The zero-order chi connectivity index (χ0) is 12.7. The van der Waals surface area contributed by atoms with Crippen molar-refractivity contribution in [2.45, 2.75) is 13.3 Å². The molecule has 2 aromatic carbocycles. The molecule has 18 heavy (non-hydrogen) atoms. The van der Waals surface area contributed by atoms with Crippen LogP contribution in [0.1, 0.15) is 11.1 Å². The number of hydrogen-bond donors (Lipinski definition) is 1. The largest absolute Gasteiger partial charge is 0.326 e. The van der Waals surface area contributed by atoms with Gasteiger partial charge in [-0.05, 0) is 42.3 Å². The lowest BCUT2D eigenvalue weighted by Gasteiger charge is -2.07. The molecule has 0 saturated carbocycles. The number of carbonyl (C=O) groups is 1. The van der Waals surface area contributed by atoms with Crippen molar-refractivity contribution < 1.29 is 4.79 Å². The Morgan fingerprint density at radius 2 is 2.00 bits per heavy atom. The normalized spacial score (nSPS) is 13.3. The summed E-state index contributed by atoms with van der Waals surface area (Å²) in [5, 5.41) is 3.56. The molecule has 0 saturated heterocycles. The Kier molecular flexibility index (Phi) is 2.60. The van der Waals surface area contributed by atoms with Gasteiger partial charge in [0.2, 0.25) is 5.91 Å². The van der Waals surface area contributed by atoms with Crippen LogP contribution in [0.4, 0.5) is 5.69 Å². The van der Waals surface area contributed by atoms with Gasteiger partial charge in [-0.15, -0.1) is 0 Å². The SMILES string of the molecule is Cc1ccc(Cl)c(-c2ccc3c(c2)CC(=O)N3)c1. The molecule has 0 aromatic heterocycles. The minimum absolute atomic E-state index is 0.0532. The van der Waals surface area contributed by atoms with E-state index in [-0.39, 0.29) is 5.91 Å². The number of halogens is 1. The van der Waals surface area contributed by atoms with Crippen LogP contribution in [0.3, 0.4) is 0 Å². The van der Waals surface area contributed by atoms with Crippen molar-refractivity contribution in [3.63, 3.8) is 0 Å². The van der Waals surface area contributed by atoms with E-state index >= 15 is 0 Å². The number of carbonyl (C=O) groups excluding carboxylic acids is 1. The molecule has 1 heterocycles. The van der Waals surface area contributed by atoms with Crippen molar-refractivity contribution in [2.24, 2.45) is 0 Å². The molecule has 0 fully saturated rings. The monoisotopic (exact) mass is 257 g/mol. The van der Waals surface area contributed by atoms with E-state index in [1.54, 1.807) is 0 Å². The summed E-state index contributed by atoms with van der Waals surface area (Å²) in [4.78, 5) is 11.3. The molecule has 1 aliphatic heterocycles. The van der Waals surface area contributed by atoms with Gasteiger partial charge >= 0.3 is 0 Å². The van der Waals surface area contributed by atoms with Gasteiger partial charge < -0.3 is 5.32 Å². The molecule has 3 heteroatoms. The van der Waals surface area contributed by atoms with Crippen molar-refractivity contribution in [1.82, 2.24) is 0 Å². The Hall–Kier alpha value is -1.80. The van der Waals surface area contributed by atoms with Crippen LogP contribution in [0.25, 0.3) is 11.1 Å². The maximum Gasteiger partial charge on any atom is 0.228 e. The first kappa shape index (κ1) is 11.3. The molecule has 0 bridgehead atoms. The first-order valence-corrected chi connectivity index (χ1v) is 6.20. The number of amides is 1. The van der Waals surface area contributed by atoms with Crippen LogP contribution in [0.5, 0.6) is 0 Å². The third-order valence-electron chi connectivity index (χ3n) is 3.16. The van der Waals surface area contributed by atoms with Gasteiger partial charge in [0.1, 0.15) is 0 Å². The molecule has 3 rings (SSSR count). The van der Waals surface area contributed by atoms with Crippen LogP contribution >= 0.6 is 11.6 Å². The molecule has 0 radical (unpaired) electrons. The van der Waals surface area contributed by atoms with Crippen LogP contribution in [0.2, 0.25) is 5.02 Å². The summed E-state index contributed by atoms with van der Waals surface area (Å²) in [6.45, 7) is 2.04. The summed E-state index contributed by atoms with van der Waals surface area (Å²) in [7, 11) is 0. The standard InChI is InChI=1S/C15H12ClNO/c1-9-2-4-13(16)12(6-9)10-3-5-14-11(7-10)8-15(18)17-14/h2-7H,8H2,1H3,(H,17,18). The fourth-order valence-corrected chi connectivity index (χ4v) is 2.48. The van der Waals surface area contributed by atoms with E-state index in [1.807, 2.05) is 37.3 Å². The fourth-order valence-electron chi connectivity index (χ4n) is 2.26. The van der Waals surface area contributed by atoms with Crippen molar-refractivity contribution in [1.29, 1.82) is 0 Å². The van der Waals surface area contributed by atoms with Crippen LogP contribution in [0, 0.1) is 6.92 Å². The highest BCUT2D eigenvalue weighted by Crippen LogP contribution is 2.33. The molecular formula is C15H12ClNO. The second kappa shape index (κ2) is 4.14. The third kappa shape index (κ3) is 1.89. The van der Waals surface area contributed by atoms with Gasteiger partial charge in [-0.2, -0.15) is 0 Å². The lowest BCUT2D eigenvalue weighted by molar-refractivity contribution is -0.115.